The van der Waals surface area contributed by atoms with Gasteiger partial charge >= 0.3 is 0 Å². The van der Waals surface area contributed by atoms with Crippen LogP contribution in [0.25, 0.3) is 10.2 Å². The van der Waals surface area contributed by atoms with E-state index in [0.29, 0.717) is 5.92 Å². The number of hydrogen-bond acceptors (Lipinski definition) is 2. The number of hydrogen-bond donors (Lipinski definition) is 1. The fourth-order valence-electron chi connectivity index (χ4n) is 3.43. The second-order valence-electron chi connectivity index (χ2n) is 6.31. The molecule has 4 heteroatoms. The third-order valence-electron chi connectivity index (χ3n) is 4.75. The van der Waals surface area contributed by atoms with E-state index in [2.05, 4.69) is 18.2 Å². The fraction of sp³-hybridized carbons (Fsp3) is 0.316. The van der Waals surface area contributed by atoms with Crippen molar-refractivity contribution in [2.45, 2.75) is 25.3 Å². The highest BCUT2D eigenvalue weighted by Gasteiger charge is 2.26. The van der Waals surface area contributed by atoms with Crippen molar-refractivity contribution in [3.05, 3.63) is 64.9 Å². The van der Waals surface area contributed by atoms with E-state index < -0.39 is 0 Å². The van der Waals surface area contributed by atoms with Crippen molar-refractivity contribution >= 4 is 21.6 Å². The minimum atomic E-state index is -0.0757. The van der Waals surface area contributed by atoms with Gasteiger partial charge in [0.2, 0.25) is 0 Å². The molecule has 0 saturated carbocycles. The number of nitrogens with one attached hydrogen (secondary N) is 1. The Kier molecular flexibility index (Phi) is 4.10. The van der Waals surface area contributed by atoms with Gasteiger partial charge in [0.25, 0.3) is 0 Å². The largest absolute Gasteiger partial charge is 0.331 e. The maximum atomic E-state index is 13.8. The van der Waals surface area contributed by atoms with E-state index in [1.807, 2.05) is 29.5 Å². The van der Waals surface area contributed by atoms with Crippen LogP contribution in [-0.4, -0.2) is 18.1 Å². The maximum absolute atomic E-state index is 13.8. The lowest BCUT2D eigenvalue weighted by Crippen LogP contribution is -3.11. The van der Waals surface area contributed by atoms with Crippen LogP contribution < -0.4 is 4.90 Å². The third-order valence-corrected chi connectivity index (χ3v) is 5.95. The van der Waals surface area contributed by atoms with Crippen LogP contribution in [0.2, 0.25) is 0 Å². The molecule has 1 aromatic heterocycles. The standard InChI is InChI=1S/C19H19FN2S/c20-16-6-2-1-5-15(16)13-22-11-9-14(10-12-22)19-21-17-7-3-4-8-18(17)23-19/h1-8,14H,9-13H2/p+1. The molecule has 1 aliphatic heterocycles. The average molecular weight is 327 g/mol. The molecule has 23 heavy (non-hydrogen) atoms. The molecule has 1 saturated heterocycles. The van der Waals surface area contributed by atoms with Gasteiger partial charge in [-0.25, -0.2) is 9.37 Å². The molecule has 0 radical (unpaired) electrons. The van der Waals surface area contributed by atoms with Gasteiger partial charge in [-0.3, -0.25) is 0 Å². The molecule has 0 aliphatic carbocycles. The number of thiazole rings is 1. The SMILES string of the molecule is Fc1ccccc1C[NH+]1CCC(c2nc3ccccc3s2)CC1. The number of rotatable bonds is 3. The highest BCUT2D eigenvalue weighted by Crippen LogP contribution is 2.31. The Bertz CT molecular complexity index is 773. The van der Waals surface area contributed by atoms with E-state index in [-0.39, 0.29) is 5.82 Å². The van der Waals surface area contributed by atoms with Crippen molar-refractivity contribution in [2.75, 3.05) is 13.1 Å². The van der Waals surface area contributed by atoms with Gasteiger partial charge in [-0.2, -0.15) is 0 Å². The molecule has 1 fully saturated rings. The molecular formula is C19H20FN2S+. The first-order valence-corrected chi connectivity index (χ1v) is 9.04. The molecule has 1 aliphatic rings. The summed E-state index contributed by atoms with van der Waals surface area (Å²) in [6.07, 6.45) is 2.28. The summed E-state index contributed by atoms with van der Waals surface area (Å²) >= 11 is 1.83. The number of para-hydroxylation sites is 1. The second kappa shape index (κ2) is 6.38. The van der Waals surface area contributed by atoms with E-state index in [1.54, 1.807) is 12.1 Å². The minimum Gasteiger partial charge on any atom is -0.331 e. The molecule has 0 amide bonds. The van der Waals surface area contributed by atoms with E-state index in [1.165, 1.54) is 14.6 Å². The average Bonchev–Trinajstić information content (AvgIpc) is 3.02. The summed E-state index contributed by atoms with van der Waals surface area (Å²) in [6, 6.07) is 15.5. The molecule has 2 heterocycles. The summed E-state index contributed by atoms with van der Waals surface area (Å²) in [7, 11) is 0. The van der Waals surface area contributed by atoms with Gasteiger partial charge in [0.1, 0.15) is 12.4 Å². The van der Waals surface area contributed by atoms with Crippen molar-refractivity contribution in [1.82, 2.24) is 4.98 Å². The first-order chi connectivity index (χ1) is 11.3. The van der Waals surface area contributed by atoms with Gasteiger partial charge < -0.3 is 4.90 Å². The van der Waals surface area contributed by atoms with Crippen molar-refractivity contribution in [2.24, 2.45) is 0 Å². The molecular weight excluding hydrogens is 307 g/mol. The van der Waals surface area contributed by atoms with Crippen LogP contribution in [0.3, 0.4) is 0 Å². The zero-order valence-electron chi connectivity index (χ0n) is 13.0. The minimum absolute atomic E-state index is 0.0757. The zero-order valence-corrected chi connectivity index (χ0v) is 13.8. The molecule has 0 spiro atoms. The molecule has 0 unspecified atom stereocenters. The maximum Gasteiger partial charge on any atom is 0.132 e. The number of benzene rings is 2. The number of nitrogens with zero attached hydrogens (tertiary/aromatic N) is 1. The lowest BCUT2D eigenvalue weighted by atomic mass is 9.97. The smallest absolute Gasteiger partial charge is 0.132 e. The Morgan fingerprint density at radius 2 is 1.78 bits per heavy atom. The number of likely N-dealkylation sites (tertiary alicyclic amines) is 1. The predicted octanol–water partition coefficient (Wildman–Crippen LogP) is 3.40. The first kappa shape index (κ1) is 14.8. The number of piperidine rings is 1. The highest BCUT2D eigenvalue weighted by atomic mass is 32.1. The Labute approximate surface area is 139 Å². The van der Waals surface area contributed by atoms with E-state index in [9.17, 15) is 4.39 Å². The number of aromatic nitrogens is 1. The van der Waals surface area contributed by atoms with Crippen LogP contribution in [0.5, 0.6) is 0 Å². The molecule has 2 nitrogen and oxygen atoms in total. The summed E-state index contributed by atoms with van der Waals surface area (Å²) < 4.78 is 15.1. The second-order valence-corrected chi connectivity index (χ2v) is 7.37. The van der Waals surface area contributed by atoms with Gasteiger partial charge in [0.15, 0.2) is 0 Å². The molecule has 0 atom stereocenters. The van der Waals surface area contributed by atoms with Crippen LogP contribution >= 0.6 is 11.3 Å². The lowest BCUT2D eigenvalue weighted by molar-refractivity contribution is -0.919. The van der Waals surface area contributed by atoms with Crippen molar-refractivity contribution in [3.8, 4) is 0 Å². The van der Waals surface area contributed by atoms with Gasteiger partial charge in [0.05, 0.1) is 28.3 Å². The van der Waals surface area contributed by atoms with Crippen LogP contribution in [-0.2, 0) is 6.54 Å². The van der Waals surface area contributed by atoms with E-state index >= 15 is 0 Å². The summed E-state index contributed by atoms with van der Waals surface area (Å²) in [5.41, 5.74) is 1.95. The number of quaternary nitrogens is 1. The van der Waals surface area contributed by atoms with Crippen LogP contribution in [0, 0.1) is 5.82 Å². The van der Waals surface area contributed by atoms with E-state index in [0.717, 1.165) is 43.6 Å². The monoisotopic (exact) mass is 327 g/mol. The van der Waals surface area contributed by atoms with Crippen molar-refractivity contribution < 1.29 is 9.29 Å². The molecule has 118 valence electrons. The summed E-state index contributed by atoms with van der Waals surface area (Å²) in [5.74, 6) is 0.491. The number of halogens is 1. The predicted molar refractivity (Wildman–Crippen MR) is 92.4 cm³/mol. The molecule has 3 aromatic rings. The summed E-state index contributed by atoms with van der Waals surface area (Å²) in [6.45, 7) is 2.98. The molecule has 4 rings (SSSR count). The van der Waals surface area contributed by atoms with E-state index in [4.69, 9.17) is 4.98 Å². The van der Waals surface area contributed by atoms with Crippen LogP contribution in [0.1, 0.15) is 29.3 Å². The molecule has 1 N–H and O–H groups in total. The number of fused-ring (bicyclic) bond motifs is 1. The van der Waals surface area contributed by atoms with Gasteiger partial charge in [-0.15, -0.1) is 11.3 Å². The topological polar surface area (TPSA) is 17.3 Å². The molecule has 2 aromatic carbocycles. The Balaban J connectivity index is 1.41. The van der Waals surface area contributed by atoms with Crippen molar-refractivity contribution in [1.29, 1.82) is 0 Å². The van der Waals surface area contributed by atoms with Gasteiger partial charge in [-0.05, 0) is 18.2 Å². The van der Waals surface area contributed by atoms with Crippen LogP contribution in [0.15, 0.2) is 48.5 Å². The Morgan fingerprint density at radius 1 is 1.04 bits per heavy atom. The normalized spacial score (nSPS) is 21.6. The third kappa shape index (κ3) is 3.14. The summed E-state index contributed by atoms with van der Waals surface area (Å²) in [5, 5.41) is 1.27. The fourth-order valence-corrected chi connectivity index (χ4v) is 4.56. The first-order valence-electron chi connectivity index (χ1n) is 8.22. The zero-order chi connectivity index (χ0) is 15.6. The quantitative estimate of drug-likeness (QED) is 0.780. The molecule has 0 bridgehead atoms. The van der Waals surface area contributed by atoms with Crippen LogP contribution in [0.4, 0.5) is 4.39 Å². The Hall–Kier alpha value is -1.78. The summed E-state index contributed by atoms with van der Waals surface area (Å²) in [4.78, 5) is 6.29. The Morgan fingerprint density at radius 3 is 2.57 bits per heavy atom. The van der Waals surface area contributed by atoms with Crippen molar-refractivity contribution in [3.63, 3.8) is 0 Å². The highest BCUT2D eigenvalue weighted by molar-refractivity contribution is 7.18. The van der Waals surface area contributed by atoms with Gasteiger partial charge in [-0.1, -0.05) is 30.3 Å². The van der Waals surface area contributed by atoms with Gasteiger partial charge in [0, 0.05) is 24.3 Å². The lowest BCUT2D eigenvalue weighted by Gasteiger charge is -2.28.